The van der Waals surface area contributed by atoms with Crippen molar-refractivity contribution in [2.75, 3.05) is 0 Å². The molecule has 116 valence electrons. The SMILES string of the molecule is O=C(Cn1c(-c2ccc(F)cc2)cc2cccnc21)NC1CC1. The fourth-order valence-electron chi connectivity index (χ4n) is 2.75. The summed E-state index contributed by atoms with van der Waals surface area (Å²) in [6, 6.07) is 12.4. The highest BCUT2D eigenvalue weighted by atomic mass is 19.1. The van der Waals surface area contributed by atoms with Crippen LogP contribution in [0.5, 0.6) is 0 Å². The van der Waals surface area contributed by atoms with E-state index in [0.717, 1.165) is 35.1 Å². The Bertz CT molecular complexity index is 866. The third-order valence-corrected chi connectivity index (χ3v) is 4.04. The van der Waals surface area contributed by atoms with E-state index in [1.54, 1.807) is 18.3 Å². The lowest BCUT2D eigenvalue weighted by atomic mass is 10.1. The third-order valence-electron chi connectivity index (χ3n) is 4.04. The van der Waals surface area contributed by atoms with Gasteiger partial charge in [-0.2, -0.15) is 0 Å². The van der Waals surface area contributed by atoms with E-state index in [2.05, 4.69) is 10.3 Å². The number of nitrogens with one attached hydrogen (secondary N) is 1. The molecule has 0 saturated heterocycles. The summed E-state index contributed by atoms with van der Waals surface area (Å²) in [6.07, 6.45) is 3.83. The van der Waals surface area contributed by atoms with Crippen molar-refractivity contribution in [1.82, 2.24) is 14.9 Å². The van der Waals surface area contributed by atoms with Crippen LogP contribution < -0.4 is 5.32 Å². The first-order valence-electron chi connectivity index (χ1n) is 7.70. The molecule has 1 aliphatic carbocycles. The summed E-state index contributed by atoms with van der Waals surface area (Å²) >= 11 is 0. The maximum absolute atomic E-state index is 13.2. The molecule has 0 spiro atoms. The Morgan fingerprint density at radius 1 is 1.26 bits per heavy atom. The Morgan fingerprint density at radius 2 is 2.04 bits per heavy atom. The number of carbonyl (C=O) groups excluding carboxylic acids is 1. The monoisotopic (exact) mass is 309 g/mol. The molecule has 23 heavy (non-hydrogen) atoms. The van der Waals surface area contributed by atoms with Gasteiger partial charge in [-0.3, -0.25) is 4.79 Å². The lowest BCUT2D eigenvalue weighted by molar-refractivity contribution is -0.121. The Hall–Kier alpha value is -2.69. The van der Waals surface area contributed by atoms with Crippen LogP contribution in [-0.4, -0.2) is 21.5 Å². The normalized spacial score (nSPS) is 14.1. The lowest BCUT2D eigenvalue weighted by Gasteiger charge is -2.10. The molecule has 4 rings (SSSR count). The van der Waals surface area contributed by atoms with E-state index in [1.165, 1.54) is 12.1 Å². The molecule has 1 N–H and O–H groups in total. The molecular formula is C18H16FN3O. The smallest absolute Gasteiger partial charge is 0.240 e. The summed E-state index contributed by atoms with van der Waals surface area (Å²) in [5.41, 5.74) is 2.49. The number of halogens is 1. The highest BCUT2D eigenvalue weighted by molar-refractivity contribution is 5.87. The van der Waals surface area contributed by atoms with Crippen LogP contribution in [0.3, 0.4) is 0 Å². The fraction of sp³-hybridized carbons (Fsp3) is 0.222. The zero-order valence-corrected chi connectivity index (χ0v) is 12.5. The zero-order chi connectivity index (χ0) is 15.8. The molecule has 1 amide bonds. The van der Waals surface area contributed by atoms with E-state index in [1.807, 2.05) is 22.8 Å². The van der Waals surface area contributed by atoms with Crippen LogP contribution in [0.1, 0.15) is 12.8 Å². The number of pyridine rings is 1. The highest BCUT2D eigenvalue weighted by Gasteiger charge is 2.24. The third kappa shape index (κ3) is 2.82. The second-order valence-corrected chi connectivity index (χ2v) is 5.88. The summed E-state index contributed by atoms with van der Waals surface area (Å²) in [5, 5.41) is 3.96. The summed E-state index contributed by atoms with van der Waals surface area (Å²) in [7, 11) is 0. The van der Waals surface area contributed by atoms with Crippen LogP contribution in [-0.2, 0) is 11.3 Å². The summed E-state index contributed by atoms with van der Waals surface area (Å²) in [6.45, 7) is 0.212. The molecule has 2 heterocycles. The molecule has 3 aromatic rings. The van der Waals surface area contributed by atoms with Gasteiger partial charge in [0.25, 0.3) is 0 Å². The zero-order valence-electron chi connectivity index (χ0n) is 12.5. The molecule has 2 aromatic heterocycles. The molecule has 0 unspecified atom stereocenters. The van der Waals surface area contributed by atoms with Gasteiger partial charge in [0.2, 0.25) is 5.91 Å². The molecule has 1 saturated carbocycles. The fourth-order valence-corrected chi connectivity index (χ4v) is 2.75. The minimum Gasteiger partial charge on any atom is -0.352 e. The van der Waals surface area contributed by atoms with E-state index in [0.29, 0.717) is 6.04 Å². The quantitative estimate of drug-likeness (QED) is 0.805. The van der Waals surface area contributed by atoms with E-state index in [-0.39, 0.29) is 18.3 Å². The summed E-state index contributed by atoms with van der Waals surface area (Å²) < 4.78 is 15.1. The number of rotatable bonds is 4. The number of carbonyl (C=O) groups is 1. The molecule has 0 atom stereocenters. The minimum absolute atomic E-state index is 0.0148. The Kier molecular flexibility index (Phi) is 3.33. The van der Waals surface area contributed by atoms with Crippen molar-refractivity contribution >= 4 is 16.9 Å². The molecule has 1 aliphatic rings. The molecule has 4 nitrogen and oxygen atoms in total. The highest BCUT2D eigenvalue weighted by Crippen LogP contribution is 2.27. The van der Waals surface area contributed by atoms with Gasteiger partial charge < -0.3 is 9.88 Å². The van der Waals surface area contributed by atoms with Crippen molar-refractivity contribution in [3.05, 3.63) is 54.5 Å². The first-order chi connectivity index (χ1) is 11.2. The Balaban J connectivity index is 1.77. The molecule has 0 aliphatic heterocycles. The van der Waals surface area contributed by atoms with Gasteiger partial charge in [0.15, 0.2) is 0 Å². The summed E-state index contributed by atoms with van der Waals surface area (Å²) in [4.78, 5) is 16.6. The first-order valence-corrected chi connectivity index (χ1v) is 7.70. The molecule has 1 fully saturated rings. The van der Waals surface area contributed by atoms with Crippen LogP contribution in [0.4, 0.5) is 4.39 Å². The first kappa shape index (κ1) is 13.9. The lowest BCUT2D eigenvalue weighted by Crippen LogP contribution is -2.29. The molecule has 0 radical (unpaired) electrons. The predicted molar refractivity (Wildman–Crippen MR) is 86.3 cm³/mol. The topological polar surface area (TPSA) is 46.9 Å². The maximum atomic E-state index is 13.2. The number of benzene rings is 1. The predicted octanol–water partition coefficient (Wildman–Crippen LogP) is 3.12. The summed E-state index contributed by atoms with van der Waals surface area (Å²) in [5.74, 6) is -0.292. The number of amides is 1. The van der Waals surface area contributed by atoms with Gasteiger partial charge in [0.05, 0.1) is 5.69 Å². The van der Waals surface area contributed by atoms with Crippen molar-refractivity contribution in [2.45, 2.75) is 25.4 Å². The van der Waals surface area contributed by atoms with Gasteiger partial charge in [-0.05, 0) is 60.9 Å². The van der Waals surface area contributed by atoms with Crippen molar-refractivity contribution in [2.24, 2.45) is 0 Å². The number of fused-ring (bicyclic) bond motifs is 1. The van der Waals surface area contributed by atoms with Gasteiger partial charge >= 0.3 is 0 Å². The minimum atomic E-state index is -0.277. The average molecular weight is 309 g/mol. The molecule has 1 aromatic carbocycles. The van der Waals surface area contributed by atoms with Gasteiger partial charge in [-0.25, -0.2) is 9.37 Å². The number of hydrogen-bond donors (Lipinski definition) is 1. The molecule has 5 heteroatoms. The van der Waals surface area contributed by atoms with Crippen molar-refractivity contribution < 1.29 is 9.18 Å². The van der Waals surface area contributed by atoms with Gasteiger partial charge in [-0.1, -0.05) is 0 Å². The second-order valence-electron chi connectivity index (χ2n) is 5.88. The second kappa shape index (κ2) is 5.50. The Morgan fingerprint density at radius 3 is 2.78 bits per heavy atom. The largest absolute Gasteiger partial charge is 0.352 e. The van der Waals surface area contributed by atoms with Gasteiger partial charge in [0.1, 0.15) is 18.0 Å². The molecular weight excluding hydrogens is 293 g/mol. The number of aromatic nitrogens is 2. The van der Waals surface area contributed by atoms with Crippen molar-refractivity contribution in [1.29, 1.82) is 0 Å². The van der Waals surface area contributed by atoms with Crippen LogP contribution in [0, 0.1) is 5.82 Å². The van der Waals surface area contributed by atoms with Crippen LogP contribution in [0.15, 0.2) is 48.7 Å². The van der Waals surface area contributed by atoms with E-state index in [4.69, 9.17) is 0 Å². The van der Waals surface area contributed by atoms with Gasteiger partial charge in [-0.15, -0.1) is 0 Å². The maximum Gasteiger partial charge on any atom is 0.240 e. The number of hydrogen-bond acceptors (Lipinski definition) is 2. The number of nitrogens with zero attached hydrogens (tertiary/aromatic N) is 2. The van der Waals surface area contributed by atoms with Crippen LogP contribution in [0.25, 0.3) is 22.3 Å². The Labute approximate surface area is 133 Å². The van der Waals surface area contributed by atoms with E-state index >= 15 is 0 Å². The van der Waals surface area contributed by atoms with Crippen molar-refractivity contribution in [3.8, 4) is 11.3 Å². The average Bonchev–Trinajstić information content (AvgIpc) is 3.29. The standard InChI is InChI=1S/C18H16FN3O/c19-14-5-3-12(4-6-14)16-10-13-2-1-9-20-18(13)22(16)11-17(23)21-15-7-8-15/h1-6,9-10,15H,7-8,11H2,(H,21,23). The van der Waals surface area contributed by atoms with E-state index in [9.17, 15) is 9.18 Å². The van der Waals surface area contributed by atoms with E-state index < -0.39 is 0 Å². The van der Waals surface area contributed by atoms with Crippen LogP contribution in [0.2, 0.25) is 0 Å². The van der Waals surface area contributed by atoms with Crippen LogP contribution >= 0.6 is 0 Å². The van der Waals surface area contributed by atoms with Crippen molar-refractivity contribution in [3.63, 3.8) is 0 Å². The van der Waals surface area contributed by atoms with Gasteiger partial charge in [0, 0.05) is 17.6 Å². The molecule has 0 bridgehead atoms.